The third-order valence-corrected chi connectivity index (χ3v) is 2.94. The summed E-state index contributed by atoms with van der Waals surface area (Å²) in [5.41, 5.74) is -0.105. The van der Waals surface area contributed by atoms with E-state index in [0.29, 0.717) is 6.42 Å². The quantitative estimate of drug-likeness (QED) is 0.868. The fraction of sp³-hybridized carbons (Fsp3) is 0.385. The normalized spacial score (nSPS) is 13.5. The van der Waals surface area contributed by atoms with Crippen molar-refractivity contribution in [2.24, 2.45) is 0 Å². The van der Waals surface area contributed by atoms with Crippen molar-refractivity contribution >= 4 is 6.09 Å². The molecule has 17 heavy (non-hydrogen) atoms. The van der Waals surface area contributed by atoms with Crippen LogP contribution < -0.4 is 0 Å². The maximum atomic E-state index is 11.2. The molecule has 0 radical (unpaired) electrons. The monoisotopic (exact) mass is 232 g/mol. The Balaban J connectivity index is 2.96. The maximum absolute atomic E-state index is 11.2. The topological polar surface area (TPSA) is 64.3 Å². The lowest BCUT2D eigenvalue weighted by atomic mass is 9.98. The molecule has 0 heterocycles. The summed E-state index contributed by atoms with van der Waals surface area (Å²) in [5.74, 6) is 0. The first-order valence-electron chi connectivity index (χ1n) is 5.49. The molecule has 0 aliphatic carbocycles. The zero-order valence-corrected chi connectivity index (χ0v) is 10.1. The summed E-state index contributed by atoms with van der Waals surface area (Å²) in [7, 11) is 0. The lowest BCUT2D eigenvalue weighted by Gasteiger charge is -2.33. The summed E-state index contributed by atoms with van der Waals surface area (Å²) in [6.45, 7) is 3.68. The molecule has 0 bridgehead atoms. The molecule has 0 saturated heterocycles. The predicted molar refractivity (Wildman–Crippen MR) is 64.3 cm³/mol. The summed E-state index contributed by atoms with van der Waals surface area (Å²) in [6.07, 6.45) is -0.609. The number of hydrogen-bond donors (Lipinski definition) is 1. The van der Waals surface area contributed by atoms with Crippen molar-refractivity contribution < 1.29 is 9.90 Å². The van der Waals surface area contributed by atoms with Crippen molar-refractivity contribution in [1.82, 2.24) is 4.90 Å². The van der Waals surface area contributed by atoms with Crippen LogP contribution in [-0.2, 0) is 6.54 Å². The molecule has 0 aromatic heterocycles. The van der Waals surface area contributed by atoms with E-state index >= 15 is 0 Å². The minimum absolute atomic E-state index is 0.230. The van der Waals surface area contributed by atoms with Crippen LogP contribution in [0.4, 0.5) is 4.79 Å². The van der Waals surface area contributed by atoms with Crippen molar-refractivity contribution in [2.75, 3.05) is 0 Å². The smallest absolute Gasteiger partial charge is 0.408 e. The molecular weight excluding hydrogens is 216 g/mol. The second kappa shape index (κ2) is 5.35. The lowest BCUT2D eigenvalue weighted by molar-refractivity contribution is 0.101. The average molecular weight is 232 g/mol. The lowest BCUT2D eigenvalue weighted by Crippen LogP contribution is -2.47. The molecule has 1 aromatic rings. The van der Waals surface area contributed by atoms with E-state index in [1.807, 2.05) is 37.3 Å². The third-order valence-electron chi connectivity index (χ3n) is 2.94. The minimum Gasteiger partial charge on any atom is -0.465 e. The van der Waals surface area contributed by atoms with Crippen LogP contribution in [0.2, 0.25) is 0 Å². The highest BCUT2D eigenvalue weighted by atomic mass is 16.4. The van der Waals surface area contributed by atoms with E-state index in [9.17, 15) is 9.90 Å². The zero-order chi connectivity index (χ0) is 12.9. The van der Waals surface area contributed by atoms with Crippen LogP contribution in [0.15, 0.2) is 30.3 Å². The SMILES string of the molecule is CCC(C)(C#N)N(Cc1ccccc1)C(=O)O. The highest BCUT2D eigenvalue weighted by Gasteiger charge is 2.33. The van der Waals surface area contributed by atoms with Crippen LogP contribution in [0.25, 0.3) is 0 Å². The van der Waals surface area contributed by atoms with Gasteiger partial charge in [-0.2, -0.15) is 5.26 Å². The van der Waals surface area contributed by atoms with Crippen molar-refractivity contribution in [3.05, 3.63) is 35.9 Å². The second-order valence-electron chi connectivity index (χ2n) is 4.09. The number of carbonyl (C=O) groups is 1. The summed E-state index contributed by atoms with van der Waals surface area (Å²) in [6, 6.07) is 11.4. The van der Waals surface area contributed by atoms with Crippen molar-refractivity contribution in [1.29, 1.82) is 5.26 Å². The number of nitriles is 1. The summed E-state index contributed by atoms with van der Waals surface area (Å²) in [4.78, 5) is 12.4. The highest BCUT2D eigenvalue weighted by Crippen LogP contribution is 2.21. The van der Waals surface area contributed by atoms with Gasteiger partial charge < -0.3 is 5.11 Å². The molecule has 1 aromatic carbocycles. The molecule has 0 saturated carbocycles. The van der Waals surface area contributed by atoms with Crippen molar-refractivity contribution in [3.63, 3.8) is 0 Å². The van der Waals surface area contributed by atoms with Crippen LogP contribution in [0, 0.1) is 11.3 Å². The number of nitrogens with zero attached hydrogens (tertiary/aromatic N) is 2. The Kier molecular flexibility index (Phi) is 4.11. The first-order chi connectivity index (χ1) is 8.03. The van der Waals surface area contributed by atoms with Crippen molar-refractivity contribution in [3.8, 4) is 6.07 Å². The summed E-state index contributed by atoms with van der Waals surface area (Å²) >= 11 is 0. The van der Waals surface area contributed by atoms with Gasteiger partial charge in [-0.1, -0.05) is 37.3 Å². The number of amides is 1. The van der Waals surface area contributed by atoms with Gasteiger partial charge in [0.15, 0.2) is 0 Å². The number of carboxylic acid groups (broad SMARTS) is 1. The Hall–Kier alpha value is -2.02. The average Bonchev–Trinajstić information content (AvgIpc) is 2.36. The molecule has 4 nitrogen and oxygen atoms in total. The predicted octanol–water partition coefficient (Wildman–Crippen LogP) is 2.86. The van der Waals surface area contributed by atoms with Gasteiger partial charge in [-0.15, -0.1) is 0 Å². The van der Waals surface area contributed by atoms with Gasteiger partial charge in [0.1, 0.15) is 5.54 Å². The van der Waals surface area contributed by atoms with Crippen LogP contribution >= 0.6 is 0 Å². The summed E-state index contributed by atoms with van der Waals surface area (Å²) < 4.78 is 0. The molecular formula is C13H16N2O2. The van der Waals surface area contributed by atoms with Crippen molar-refractivity contribution in [2.45, 2.75) is 32.4 Å². The second-order valence-corrected chi connectivity index (χ2v) is 4.09. The van der Waals surface area contributed by atoms with Gasteiger partial charge in [0, 0.05) is 0 Å². The van der Waals surface area contributed by atoms with Crippen LogP contribution in [0.5, 0.6) is 0 Å². The molecule has 90 valence electrons. The Morgan fingerprint density at radius 3 is 2.47 bits per heavy atom. The Morgan fingerprint density at radius 1 is 1.47 bits per heavy atom. The fourth-order valence-corrected chi connectivity index (χ4v) is 1.55. The molecule has 4 heteroatoms. The van der Waals surface area contributed by atoms with Crippen LogP contribution in [0.3, 0.4) is 0 Å². The van der Waals surface area contributed by atoms with Gasteiger partial charge in [0.05, 0.1) is 12.6 Å². The number of hydrogen-bond acceptors (Lipinski definition) is 2. The van der Waals surface area contributed by atoms with Crippen LogP contribution in [-0.4, -0.2) is 21.6 Å². The Morgan fingerprint density at radius 2 is 2.06 bits per heavy atom. The number of rotatable bonds is 4. The Labute approximate surface area is 101 Å². The van der Waals surface area contributed by atoms with Gasteiger partial charge in [0.2, 0.25) is 0 Å². The fourth-order valence-electron chi connectivity index (χ4n) is 1.55. The molecule has 1 N–H and O–H groups in total. The molecule has 1 amide bonds. The molecule has 0 aliphatic rings. The van der Waals surface area contributed by atoms with E-state index in [1.165, 1.54) is 4.90 Å². The minimum atomic E-state index is -1.07. The first-order valence-corrected chi connectivity index (χ1v) is 5.49. The van der Waals surface area contributed by atoms with E-state index in [2.05, 4.69) is 6.07 Å². The maximum Gasteiger partial charge on any atom is 0.408 e. The van der Waals surface area contributed by atoms with E-state index in [1.54, 1.807) is 6.92 Å². The first kappa shape index (κ1) is 13.0. The van der Waals surface area contributed by atoms with Gasteiger partial charge >= 0.3 is 6.09 Å². The Bertz CT molecular complexity index is 425. The molecule has 1 unspecified atom stereocenters. The van der Waals surface area contributed by atoms with Gasteiger partial charge in [0.25, 0.3) is 0 Å². The van der Waals surface area contributed by atoms with E-state index in [-0.39, 0.29) is 6.54 Å². The third kappa shape index (κ3) is 2.97. The molecule has 0 spiro atoms. The van der Waals surface area contributed by atoms with E-state index in [0.717, 1.165) is 5.56 Å². The van der Waals surface area contributed by atoms with Gasteiger partial charge in [-0.05, 0) is 18.9 Å². The molecule has 0 aliphatic heterocycles. The number of benzene rings is 1. The molecule has 0 fully saturated rings. The van der Waals surface area contributed by atoms with E-state index < -0.39 is 11.6 Å². The highest BCUT2D eigenvalue weighted by molar-refractivity contribution is 5.67. The summed E-state index contributed by atoms with van der Waals surface area (Å²) in [5, 5.41) is 18.3. The molecule has 1 rings (SSSR count). The standard InChI is InChI=1S/C13H16N2O2/c1-3-13(2,10-14)15(12(16)17)9-11-7-5-4-6-8-11/h4-8H,3,9H2,1-2H3,(H,16,17). The van der Waals surface area contributed by atoms with Crippen LogP contribution in [0.1, 0.15) is 25.8 Å². The largest absolute Gasteiger partial charge is 0.465 e. The zero-order valence-electron chi connectivity index (χ0n) is 10.1. The van der Waals surface area contributed by atoms with E-state index in [4.69, 9.17) is 5.26 Å². The molecule has 1 atom stereocenters. The van der Waals surface area contributed by atoms with Gasteiger partial charge in [-0.3, -0.25) is 4.90 Å². The van der Waals surface area contributed by atoms with Gasteiger partial charge in [-0.25, -0.2) is 4.79 Å².